The number of carboxylic acids is 1. The fraction of sp³-hybridized carbons (Fsp3) is 0.250. The number of aliphatic hydroxyl groups excluding tert-OH is 1. The van der Waals surface area contributed by atoms with Crippen molar-refractivity contribution < 1.29 is 25.2 Å². The van der Waals surface area contributed by atoms with Gasteiger partial charge >= 0.3 is 0 Å². The maximum absolute atomic E-state index is 12.0. The Labute approximate surface area is 147 Å². The monoisotopic (exact) mass is 369 g/mol. The van der Waals surface area contributed by atoms with Crippen LogP contribution in [0.2, 0.25) is 5.02 Å². The normalized spacial score (nSPS) is 11.8. The Morgan fingerprint density at radius 1 is 1.50 bits per heavy atom. The molecule has 0 amide bonds. The van der Waals surface area contributed by atoms with Gasteiger partial charge < -0.3 is 25.2 Å². The predicted molar refractivity (Wildman–Crippen MR) is 88.9 cm³/mol. The van der Waals surface area contributed by atoms with Gasteiger partial charge in [0.05, 0.1) is 29.3 Å². The molecule has 0 atom stereocenters. The average molecular weight is 370 g/mol. The van der Waals surface area contributed by atoms with Gasteiger partial charge in [0.2, 0.25) is 0 Å². The van der Waals surface area contributed by atoms with Crippen LogP contribution in [0.25, 0.3) is 11.3 Å². The largest absolute Gasteiger partial charge is 0.542 e. The third-order valence-corrected chi connectivity index (χ3v) is 4.86. The van der Waals surface area contributed by atoms with Crippen LogP contribution in [-0.4, -0.2) is 24.2 Å². The summed E-state index contributed by atoms with van der Waals surface area (Å²) in [7, 11) is 0. The molecule has 0 spiro atoms. The molecule has 1 aromatic heterocycles. The van der Waals surface area contributed by atoms with Crippen LogP contribution in [0.15, 0.2) is 32.3 Å². The minimum atomic E-state index is -1.52. The molecule has 0 bridgehead atoms. The molecular formula is C16H16ClNO5S. The van der Waals surface area contributed by atoms with Crippen LogP contribution in [0.1, 0.15) is 21.7 Å². The quantitative estimate of drug-likeness (QED) is 0.793. The minimum absolute atomic E-state index is 0.208. The van der Waals surface area contributed by atoms with E-state index in [-0.39, 0.29) is 17.8 Å². The van der Waals surface area contributed by atoms with E-state index in [1.807, 2.05) is 13.0 Å². The van der Waals surface area contributed by atoms with Gasteiger partial charge in [-0.3, -0.25) is 4.79 Å². The van der Waals surface area contributed by atoms with E-state index < -0.39 is 11.7 Å². The van der Waals surface area contributed by atoms with Gasteiger partial charge in [0, 0.05) is 16.7 Å². The van der Waals surface area contributed by atoms with Crippen molar-refractivity contribution in [1.29, 1.82) is 0 Å². The SMILES string of the molecule is Cc1ccc(Cl)c2c1SCc1c-2oc(C(=O)[O-])cc1=O.[NH3+]CCO. The first-order valence-electron chi connectivity index (χ1n) is 7.11. The summed E-state index contributed by atoms with van der Waals surface area (Å²) in [4.78, 5) is 23.8. The maximum Gasteiger partial charge on any atom is 0.190 e. The summed E-state index contributed by atoms with van der Waals surface area (Å²) in [5, 5.41) is 19.2. The third-order valence-electron chi connectivity index (χ3n) is 3.30. The molecule has 4 N–H and O–H groups in total. The Kier molecular flexibility index (Phi) is 6.06. The molecule has 128 valence electrons. The first-order chi connectivity index (χ1) is 11.4. The fourth-order valence-corrected chi connectivity index (χ4v) is 3.67. The van der Waals surface area contributed by atoms with E-state index in [2.05, 4.69) is 5.73 Å². The summed E-state index contributed by atoms with van der Waals surface area (Å²) in [6.45, 7) is 2.76. The van der Waals surface area contributed by atoms with E-state index >= 15 is 0 Å². The summed E-state index contributed by atoms with van der Waals surface area (Å²) in [6.07, 6.45) is 0. The van der Waals surface area contributed by atoms with Gasteiger partial charge in [0.25, 0.3) is 0 Å². The zero-order valence-corrected chi connectivity index (χ0v) is 14.5. The number of benzene rings is 1. The molecule has 0 radical (unpaired) electrons. The summed E-state index contributed by atoms with van der Waals surface area (Å²) >= 11 is 7.68. The highest BCUT2D eigenvalue weighted by Gasteiger charge is 2.26. The average Bonchev–Trinajstić information content (AvgIpc) is 2.57. The smallest absolute Gasteiger partial charge is 0.190 e. The molecule has 6 nitrogen and oxygen atoms in total. The van der Waals surface area contributed by atoms with Crippen molar-refractivity contribution in [3.05, 3.63) is 50.3 Å². The Bertz CT molecular complexity index is 832. The van der Waals surface area contributed by atoms with Crippen molar-refractivity contribution in [2.24, 2.45) is 0 Å². The molecular weight excluding hydrogens is 354 g/mol. The van der Waals surface area contributed by atoms with Crippen LogP contribution in [0.4, 0.5) is 0 Å². The zero-order chi connectivity index (χ0) is 17.9. The van der Waals surface area contributed by atoms with Gasteiger partial charge in [0.15, 0.2) is 11.2 Å². The van der Waals surface area contributed by atoms with Gasteiger partial charge in [-0.25, -0.2) is 0 Å². The van der Waals surface area contributed by atoms with Crippen molar-refractivity contribution >= 4 is 29.3 Å². The lowest BCUT2D eigenvalue weighted by atomic mass is 10.0. The highest BCUT2D eigenvalue weighted by Crippen LogP contribution is 2.45. The lowest BCUT2D eigenvalue weighted by Gasteiger charge is -2.21. The van der Waals surface area contributed by atoms with Gasteiger partial charge in [-0.1, -0.05) is 17.7 Å². The molecule has 0 aliphatic carbocycles. The number of aryl methyl sites for hydroxylation is 1. The van der Waals surface area contributed by atoms with Crippen LogP contribution < -0.4 is 16.3 Å². The number of rotatable bonds is 2. The zero-order valence-electron chi connectivity index (χ0n) is 12.9. The van der Waals surface area contributed by atoms with Crippen LogP contribution in [0.5, 0.6) is 0 Å². The molecule has 0 unspecified atom stereocenters. The molecule has 2 heterocycles. The number of thioether (sulfide) groups is 1. The molecule has 0 fully saturated rings. The predicted octanol–water partition coefficient (Wildman–Crippen LogP) is 0.458. The first kappa shape index (κ1) is 18.5. The molecule has 2 aromatic rings. The molecule has 0 saturated carbocycles. The number of carbonyl (C=O) groups is 1. The summed E-state index contributed by atoms with van der Waals surface area (Å²) < 4.78 is 5.34. The number of carbonyl (C=O) groups excluding carboxylic acids is 1. The van der Waals surface area contributed by atoms with Crippen molar-refractivity contribution in [3.63, 3.8) is 0 Å². The number of aromatic carboxylic acids is 1. The number of hydrogen-bond donors (Lipinski definition) is 2. The molecule has 0 saturated heterocycles. The Morgan fingerprint density at radius 3 is 2.75 bits per heavy atom. The molecule has 3 rings (SSSR count). The van der Waals surface area contributed by atoms with Gasteiger partial charge in [-0.15, -0.1) is 11.8 Å². The van der Waals surface area contributed by atoms with Crippen LogP contribution in [-0.2, 0) is 5.75 Å². The topological polar surface area (TPSA) is 118 Å². The Balaban J connectivity index is 0.000000471. The first-order valence-corrected chi connectivity index (χ1v) is 8.47. The van der Waals surface area contributed by atoms with E-state index in [1.54, 1.807) is 6.07 Å². The van der Waals surface area contributed by atoms with Crippen LogP contribution in [0.3, 0.4) is 0 Å². The maximum atomic E-state index is 12.0. The fourth-order valence-electron chi connectivity index (χ4n) is 2.16. The van der Waals surface area contributed by atoms with Crippen molar-refractivity contribution in [1.82, 2.24) is 0 Å². The summed E-state index contributed by atoms with van der Waals surface area (Å²) in [5.41, 5.74) is 4.99. The standard InChI is InChI=1S/C14H9ClO4S.C2H7NO/c1-6-2-3-8(15)11-12-7(5-20-13(6)11)9(16)4-10(19-12)14(17)18;3-1-2-4/h2-4H,5H2,1H3,(H,17,18);4H,1-3H2. The molecule has 24 heavy (non-hydrogen) atoms. The van der Waals surface area contributed by atoms with E-state index in [1.165, 1.54) is 11.8 Å². The minimum Gasteiger partial charge on any atom is -0.542 e. The van der Waals surface area contributed by atoms with Crippen molar-refractivity contribution in [2.75, 3.05) is 13.2 Å². The molecule has 1 aromatic carbocycles. The van der Waals surface area contributed by atoms with Gasteiger partial charge in [-0.2, -0.15) is 0 Å². The lowest BCUT2D eigenvalue weighted by molar-refractivity contribution is -0.372. The number of aliphatic hydroxyl groups is 1. The lowest BCUT2D eigenvalue weighted by Crippen LogP contribution is -2.51. The Morgan fingerprint density at radius 2 is 2.17 bits per heavy atom. The summed E-state index contributed by atoms with van der Waals surface area (Å²) in [5.74, 6) is -1.34. The molecule has 8 heteroatoms. The van der Waals surface area contributed by atoms with Crippen LogP contribution >= 0.6 is 23.4 Å². The van der Waals surface area contributed by atoms with E-state index in [9.17, 15) is 14.7 Å². The van der Waals surface area contributed by atoms with Gasteiger partial charge in [-0.05, 0) is 18.6 Å². The van der Waals surface area contributed by atoms with Crippen molar-refractivity contribution in [2.45, 2.75) is 17.6 Å². The number of quaternary nitrogens is 1. The van der Waals surface area contributed by atoms with E-state index in [0.717, 1.165) is 16.5 Å². The van der Waals surface area contributed by atoms with Gasteiger partial charge in [0.1, 0.15) is 11.7 Å². The number of halogens is 1. The third kappa shape index (κ3) is 3.64. The number of fused-ring (bicyclic) bond motifs is 3. The highest BCUT2D eigenvalue weighted by atomic mass is 35.5. The second-order valence-corrected chi connectivity index (χ2v) is 6.40. The van der Waals surface area contributed by atoms with Crippen LogP contribution in [0, 0.1) is 6.92 Å². The second-order valence-electron chi connectivity index (χ2n) is 5.00. The molecule has 1 aliphatic heterocycles. The number of carboxylic acid groups (broad SMARTS) is 1. The summed E-state index contributed by atoms with van der Waals surface area (Å²) in [6, 6.07) is 4.53. The molecule has 1 aliphatic rings. The Hall–Kier alpha value is -1.80. The highest BCUT2D eigenvalue weighted by molar-refractivity contribution is 7.98. The van der Waals surface area contributed by atoms with Crippen molar-refractivity contribution in [3.8, 4) is 11.3 Å². The number of hydrogen-bond acceptors (Lipinski definition) is 6. The van der Waals surface area contributed by atoms with E-state index in [4.69, 9.17) is 21.1 Å². The second kappa shape index (κ2) is 7.85. The van der Waals surface area contributed by atoms with E-state index in [0.29, 0.717) is 28.4 Å².